The third-order valence-electron chi connectivity index (χ3n) is 2.00. The number of carbonyl (C=O) groups is 3. The topological polar surface area (TPSA) is 117 Å². The fraction of sp³-hybridized carbons (Fsp3) is 0.273. The average molecular weight is 268 g/mol. The van der Waals surface area contributed by atoms with Crippen molar-refractivity contribution in [2.75, 3.05) is 19.7 Å². The van der Waals surface area contributed by atoms with Gasteiger partial charge in [-0.25, -0.2) is 0 Å². The van der Waals surface area contributed by atoms with Gasteiger partial charge in [-0.3, -0.25) is 19.4 Å². The highest BCUT2D eigenvalue weighted by molar-refractivity contribution is 5.85. The molecule has 0 saturated heterocycles. The first-order valence-electron chi connectivity index (χ1n) is 5.23. The predicted molar refractivity (Wildman–Crippen MR) is 61.6 cm³/mol. The van der Waals surface area contributed by atoms with E-state index in [0.29, 0.717) is 10.6 Å². The number of nitrogens with zero attached hydrogens (tertiary/aromatic N) is 2. The maximum atomic E-state index is 11.6. The zero-order valence-corrected chi connectivity index (χ0v) is 9.85. The molecule has 102 valence electrons. The number of aliphatic carboxylic acids is 2. The Balaban J connectivity index is 2.56. The molecule has 0 aliphatic heterocycles. The number of hydrogen-bond donors (Lipinski definition) is 2. The average Bonchev–Trinajstić information content (AvgIpc) is 2.35. The minimum atomic E-state index is -1.30. The molecule has 0 radical (unpaired) electrons. The Morgan fingerprint density at radius 1 is 1.21 bits per heavy atom. The molecule has 1 amide bonds. The molecule has 0 spiro atoms. The molecule has 0 aliphatic carbocycles. The second kappa shape index (κ2) is 6.94. The minimum absolute atomic E-state index is 0.335. The number of rotatable bonds is 7. The molecule has 0 aromatic carbocycles. The van der Waals surface area contributed by atoms with Crippen molar-refractivity contribution < 1.29 is 29.3 Å². The van der Waals surface area contributed by atoms with E-state index in [4.69, 9.17) is 14.9 Å². The van der Waals surface area contributed by atoms with Crippen molar-refractivity contribution in [1.29, 1.82) is 0 Å². The summed E-state index contributed by atoms with van der Waals surface area (Å²) in [6, 6.07) is 3.17. The summed E-state index contributed by atoms with van der Waals surface area (Å²) in [5.41, 5.74) is 0. The second-order valence-corrected chi connectivity index (χ2v) is 3.51. The molecule has 2 N–H and O–H groups in total. The molecule has 8 nitrogen and oxygen atoms in total. The minimum Gasteiger partial charge on any atom is -0.482 e. The van der Waals surface area contributed by atoms with Crippen LogP contribution in [0.1, 0.15) is 0 Å². The standard InChI is InChI=1S/C11H12N2O6/c14-9(7-19-8-2-1-3-12-4-8)13(5-10(15)16)6-11(17)18/h1-4H,5-7H2,(H,15,16)(H,17,18). The zero-order chi connectivity index (χ0) is 14.3. The van der Waals surface area contributed by atoms with Crippen LogP contribution in [0.4, 0.5) is 0 Å². The van der Waals surface area contributed by atoms with Gasteiger partial charge in [-0.15, -0.1) is 0 Å². The third kappa shape index (κ3) is 5.48. The van der Waals surface area contributed by atoms with Crippen LogP contribution in [0.2, 0.25) is 0 Å². The smallest absolute Gasteiger partial charge is 0.323 e. The van der Waals surface area contributed by atoms with Gasteiger partial charge in [0.15, 0.2) is 6.61 Å². The fourth-order valence-corrected chi connectivity index (χ4v) is 1.23. The Kier molecular flexibility index (Phi) is 5.27. The van der Waals surface area contributed by atoms with Gasteiger partial charge in [0.25, 0.3) is 5.91 Å². The van der Waals surface area contributed by atoms with Crippen LogP contribution >= 0.6 is 0 Å². The maximum absolute atomic E-state index is 11.6. The van der Waals surface area contributed by atoms with Crippen LogP contribution in [0.3, 0.4) is 0 Å². The lowest BCUT2D eigenvalue weighted by Gasteiger charge is -2.18. The monoisotopic (exact) mass is 268 g/mol. The van der Waals surface area contributed by atoms with E-state index in [1.807, 2.05) is 0 Å². The summed E-state index contributed by atoms with van der Waals surface area (Å²) in [6.45, 7) is -1.84. The number of amides is 1. The van der Waals surface area contributed by atoms with Crippen LogP contribution in [0.25, 0.3) is 0 Å². The number of ether oxygens (including phenoxy) is 1. The van der Waals surface area contributed by atoms with Gasteiger partial charge in [-0.1, -0.05) is 0 Å². The number of carboxylic acid groups (broad SMARTS) is 2. The van der Waals surface area contributed by atoms with Crippen molar-refractivity contribution in [3.05, 3.63) is 24.5 Å². The van der Waals surface area contributed by atoms with E-state index in [1.54, 1.807) is 12.1 Å². The van der Waals surface area contributed by atoms with Crippen LogP contribution in [-0.2, 0) is 14.4 Å². The predicted octanol–water partition coefficient (Wildman–Crippen LogP) is -0.542. The molecular formula is C11H12N2O6. The first-order chi connectivity index (χ1) is 8.99. The molecule has 8 heteroatoms. The van der Waals surface area contributed by atoms with Crippen molar-refractivity contribution in [2.45, 2.75) is 0 Å². The molecule has 0 fully saturated rings. The van der Waals surface area contributed by atoms with E-state index >= 15 is 0 Å². The highest BCUT2D eigenvalue weighted by atomic mass is 16.5. The Hall–Kier alpha value is -2.64. The number of hydrogen-bond acceptors (Lipinski definition) is 5. The van der Waals surface area contributed by atoms with Crippen molar-refractivity contribution in [2.24, 2.45) is 0 Å². The normalized spacial score (nSPS) is 9.68. The van der Waals surface area contributed by atoms with Crippen molar-refractivity contribution in [3.63, 3.8) is 0 Å². The Morgan fingerprint density at radius 2 is 1.84 bits per heavy atom. The van der Waals surface area contributed by atoms with E-state index in [2.05, 4.69) is 4.98 Å². The summed E-state index contributed by atoms with van der Waals surface area (Å²) >= 11 is 0. The molecule has 0 atom stereocenters. The van der Waals surface area contributed by atoms with Gasteiger partial charge in [-0.05, 0) is 12.1 Å². The van der Waals surface area contributed by atoms with Gasteiger partial charge in [0.2, 0.25) is 0 Å². The van der Waals surface area contributed by atoms with Gasteiger partial charge in [0.1, 0.15) is 18.8 Å². The summed E-state index contributed by atoms with van der Waals surface area (Å²) < 4.78 is 5.07. The Morgan fingerprint density at radius 3 is 2.32 bits per heavy atom. The van der Waals surface area contributed by atoms with E-state index in [-0.39, 0.29) is 0 Å². The van der Waals surface area contributed by atoms with Crippen LogP contribution < -0.4 is 4.74 Å². The summed E-state index contributed by atoms with van der Waals surface area (Å²) in [5.74, 6) is -2.98. The molecule has 1 heterocycles. The number of carbonyl (C=O) groups excluding carboxylic acids is 1. The summed E-state index contributed by atoms with van der Waals surface area (Å²) in [5, 5.41) is 17.2. The molecule has 0 saturated carbocycles. The van der Waals surface area contributed by atoms with E-state index in [1.165, 1.54) is 12.4 Å². The Labute approximate surface area is 108 Å². The van der Waals surface area contributed by atoms with Crippen molar-refractivity contribution in [3.8, 4) is 5.75 Å². The number of carboxylic acids is 2. The van der Waals surface area contributed by atoms with Gasteiger partial charge >= 0.3 is 11.9 Å². The van der Waals surface area contributed by atoms with Gasteiger partial charge < -0.3 is 19.8 Å². The quantitative estimate of drug-likeness (QED) is 0.681. The molecule has 1 aromatic rings. The molecular weight excluding hydrogens is 256 g/mol. The number of pyridine rings is 1. The maximum Gasteiger partial charge on any atom is 0.323 e. The van der Waals surface area contributed by atoms with Gasteiger partial charge in [-0.2, -0.15) is 0 Å². The summed E-state index contributed by atoms with van der Waals surface area (Å²) in [7, 11) is 0. The second-order valence-electron chi connectivity index (χ2n) is 3.51. The summed E-state index contributed by atoms with van der Waals surface area (Å²) in [6.07, 6.45) is 2.90. The first kappa shape index (κ1) is 14.4. The number of aromatic nitrogens is 1. The largest absolute Gasteiger partial charge is 0.482 e. The van der Waals surface area contributed by atoms with Crippen LogP contribution in [0, 0.1) is 0 Å². The molecule has 19 heavy (non-hydrogen) atoms. The molecule has 1 aromatic heterocycles. The van der Waals surface area contributed by atoms with E-state index in [9.17, 15) is 14.4 Å². The lowest BCUT2D eigenvalue weighted by atomic mass is 10.4. The van der Waals surface area contributed by atoms with E-state index in [0.717, 1.165) is 0 Å². The van der Waals surface area contributed by atoms with E-state index < -0.39 is 37.5 Å². The van der Waals surface area contributed by atoms with Gasteiger partial charge in [0.05, 0.1) is 6.20 Å². The molecule has 0 unspecified atom stereocenters. The lowest BCUT2D eigenvalue weighted by Crippen LogP contribution is -2.41. The van der Waals surface area contributed by atoms with Crippen molar-refractivity contribution in [1.82, 2.24) is 9.88 Å². The molecule has 1 rings (SSSR count). The lowest BCUT2D eigenvalue weighted by molar-refractivity contribution is -0.150. The fourth-order valence-electron chi connectivity index (χ4n) is 1.23. The molecule has 0 bridgehead atoms. The SMILES string of the molecule is O=C(O)CN(CC(=O)O)C(=O)COc1cccnc1. The van der Waals surface area contributed by atoms with Crippen molar-refractivity contribution >= 4 is 17.8 Å². The zero-order valence-electron chi connectivity index (χ0n) is 9.85. The van der Waals surface area contributed by atoms with Crippen LogP contribution in [0.15, 0.2) is 24.5 Å². The van der Waals surface area contributed by atoms with Gasteiger partial charge in [0, 0.05) is 6.20 Å². The highest BCUT2D eigenvalue weighted by Crippen LogP contribution is 2.06. The first-order valence-corrected chi connectivity index (χ1v) is 5.23. The highest BCUT2D eigenvalue weighted by Gasteiger charge is 2.19. The third-order valence-corrected chi connectivity index (χ3v) is 2.00. The molecule has 0 aliphatic rings. The van der Waals surface area contributed by atoms with Crippen LogP contribution in [-0.4, -0.2) is 57.6 Å². The Bertz CT molecular complexity index is 446. The van der Waals surface area contributed by atoms with Crippen LogP contribution in [0.5, 0.6) is 5.75 Å². The summed E-state index contributed by atoms with van der Waals surface area (Å²) in [4.78, 5) is 37.2.